The monoisotopic (exact) mass is 268 g/mol. The maximum Gasteiger partial charge on any atom is 0.491 e. The van der Waals surface area contributed by atoms with Crippen molar-refractivity contribution < 1.29 is 23.9 Å². The van der Waals surface area contributed by atoms with Crippen molar-refractivity contribution in [2.45, 2.75) is 37.9 Å². The van der Waals surface area contributed by atoms with E-state index in [-0.39, 0.29) is 17.7 Å². The zero-order valence-corrected chi connectivity index (χ0v) is 10.9. The maximum absolute atomic E-state index is 13.6. The highest BCUT2D eigenvalue weighted by Crippen LogP contribution is 2.25. The Bertz CT molecular complexity index is 427. The Morgan fingerprint density at radius 3 is 2.63 bits per heavy atom. The Morgan fingerprint density at radius 1 is 1.26 bits per heavy atom. The van der Waals surface area contributed by atoms with Crippen LogP contribution in [0.3, 0.4) is 0 Å². The van der Waals surface area contributed by atoms with E-state index < -0.39 is 12.9 Å². The molecule has 2 unspecified atom stereocenters. The van der Waals surface area contributed by atoms with Crippen molar-refractivity contribution >= 4 is 12.6 Å². The third-order valence-electron chi connectivity index (χ3n) is 3.46. The van der Waals surface area contributed by atoms with Crippen LogP contribution in [0.15, 0.2) is 18.2 Å². The molecular formula is C13H18BFO4. The van der Waals surface area contributed by atoms with Gasteiger partial charge in [-0.15, -0.1) is 0 Å². The lowest BCUT2D eigenvalue weighted by atomic mass is 9.80. The number of rotatable bonds is 4. The average molecular weight is 268 g/mol. The molecule has 2 atom stereocenters. The van der Waals surface area contributed by atoms with Crippen LogP contribution in [-0.4, -0.2) is 36.5 Å². The van der Waals surface area contributed by atoms with E-state index in [4.69, 9.17) is 19.5 Å². The van der Waals surface area contributed by atoms with Gasteiger partial charge in [0, 0.05) is 25.1 Å². The van der Waals surface area contributed by atoms with Gasteiger partial charge < -0.3 is 19.5 Å². The van der Waals surface area contributed by atoms with E-state index in [0.717, 1.165) is 25.7 Å². The van der Waals surface area contributed by atoms with Crippen molar-refractivity contribution in [2.75, 3.05) is 7.11 Å². The van der Waals surface area contributed by atoms with E-state index in [1.165, 1.54) is 12.1 Å². The largest absolute Gasteiger partial charge is 0.491 e. The van der Waals surface area contributed by atoms with Gasteiger partial charge in [-0.05, 0) is 25.3 Å². The van der Waals surface area contributed by atoms with Crippen LogP contribution in [0.2, 0.25) is 0 Å². The van der Waals surface area contributed by atoms with Gasteiger partial charge in [0.15, 0.2) is 0 Å². The van der Waals surface area contributed by atoms with Gasteiger partial charge in [0.05, 0.1) is 6.10 Å². The average Bonchev–Trinajstić information content (AvgIpc) is 2.38. The van der Waals surface area contributed by atoms with Gasteiger partial charge in [-0.2, -0.15) is 0 Å². The summed E-state index contributed by atoms with van der Waals surface area (Å²) < 4.78 is 24.6. The molecule has 1 fully saturated rings. The molecule has 0 radical (unpaired) electrons. The van der Waals surface area contributed by atoms with Gasteiger partial charge in [-0.3, -0.25) is 0 Å². The third kappa shape index (κ3) is 3.68. The summed E-state index contributed by atoms with van der Waals surface area (Å²) in [5.41, 5.74) is -0.147. The lowest BCUT2D eigenvalue weighted by molar-refractivity contribution is 0.0209. The van der Waals surface area contributed by atoms with Crippen LogP contribution < -0.4 is 10.2 Å². The molecule has 0 aliphatic heterocycles. The Labute approximate surface area is 112 Å². The molecule has 1 aromatic rings. The molecule has 1 aliphatic rings. The lowest BCUT2D eigenvalue weighted by Crippen LogP contribution is -2.33. The van der Waals surface area contributed by atoms with Gasteiger partial charge in [-0.1, -0.05) is 6.07 Å². The molecule has 0 heterocycles. The molecule has 2 N–H and O–H groups in total. The number of hydrogen-bond acceptors (Lipinski definition) is 4. The number of methoxy groups -OCH3 is 1. The molecule has 0 aromatic heterocycles. The fourth-order valence-electron chi connectivity index (χ4n) is 2.41. The van der Waals surface area contributed by atoms with Gasteiger partial charge in [-0.25, -0.2) is 4.39 Å². The van der Waals surface area contributed by atoms with Crippen molar-refractivity contribution in [2.24, 2.45) is 0 Å². The molecule has 1 saturated carbocycles. The van der Waals surface area contributed by atoms with Gasteiger partial charge in [0.1, 0.15) is 17.7 Å². The third-order valence-corrected chi connectivity index (χ3v) is 3.46. The molecular weight excluding hydrogens is 250 g/mol. The Hall–Kier alpha value is -1.11. The van der Waals surface area contributed by atoms with E-state index >= 15 is 0 Å². The lowest BCUT2D eigenvalue weighted by Gasteiger charge is -2.28. The first kappa shape index (κ1) is 14.3. The van der Waals surface area contributed by atoms with Crippen LogP contribution in [0.4, 0.5) is 4.39 Å². The van der Waals surface area contributed by atoms with Crippen molar-refractivity contribution in [3.05, 3.63) is 24.0 Å². The first-order valence-electron chi connectivity index (χ1n) is 6.45. The SMILES string of the molecule is COC1CCCC(Oc2ccc(B(O)O)c(F)c2)C1. The second-order valence-corrected chi connectivity index (χ2v) is 4.82. The number of hydrogen-bond donors (Lipinski definition) is 2. The molecule has 0 amide bonds. The molecule has 1 aromatic carbocycles. The van der Waals surface area contributed by atoms with Crippen molar-refractivity contribution in [3.63, 3.8) is 0 Å². The Morgan fingerprint density at radius 2 is 2.00 bits per heavy atom. The first-order valence-corrected chi connectivity index (χ1v) is 6.45. The molecule has 4 nitrogen and oxygen atoms in total. The molecule has 104 valence electrons. The second kappa shape index (κ2) is 6.37. The first-order chi connectivity index (χ1) is 9.10. The van der Waals surface area contributed by atoms with E-state index in [0.29, 0.717) is 5.75 Å². The Balaban J connectivity index is 2.01. The minimum absolute atomic E-state index is 0.0167. The predicted molar refractivity (Wildman–Crippen MR) is 69.9 cm³/mol. The summed E-state index contributed by atoms with van der Waals surface area (Å²) in [5.74, 6) is -0.268. The molecule has 0 spiro atoms. The molecule has 0 saturated heterocycles. The molecule has 1 aliphatic carbocycles. The topological polar surface area (TPSA) is 58.9 Å². The highest BCUT2D eigenvalue weighted by Gasteiger charge is 2.24. The maximum atomic E-state index is 13.6. The smallest absolute Gasteiger partial charge is 0.490 e. The fourth-order valence-corrected chi connectivity index (χ4v) is 2.41. The Kier molecular flexibility index (Phi) is 4.79. The minimum atomic E-state index is -1.80. The van der Waals surface area contributed by atoms with Crippen LogP contribution in [0, 0.1) is 5.82 Å². The van der Waals surface area contributed by atoms with E-state index in [1.54, 1.807) is 13.2 Å². The van der Waals surface area contributed by atoms with Crippen molar-refractivity contribution in [1.29, 1.82) is 0 Å². The number of ether oxygens (including phenoxy) is 2. The molecule has 6 heteroatoms. The standard InChI is InChI=1S/C13H18BFO4/c1-18-9-3-2-4-10(7-9)19-11-5-6-12(14(16)17)13(15)8-11/h5-6,8-10,16-17H,2-4,7H2,1H3. The van der Waals surface area contributed by atoms with Crippen LogP contribution in [0.25, 0.3) is 0 Å². The van der Waals surface area contributed by atoms with E-state index in [9.17, 15) is 4.39 Å². The summed E-state index contributed by atoms with van der Waals surface area (Å²) in [6.45, 7) is 0. The zero-order valence-electron chi connectivity index (χ0n) is 10.9. The van der Waals surface area contributed by atoms with Gasteiger partial charge in [0.2, 0.25) is 0 Å². The molecule has 2 rings (SSSR count). The van der Waals surface area contributed by atoms with E-state index in [1.807, 2.05) is 0 Å². The molecule has 19 heavy (non-hydrogen) atoms. The predicted octanol–water partition coefficient (Wildman–Crippen LogP) is 0.842. The van der Waals surface area contributed by atoms with Crippen LogP contribution >= 0.6 is 0 Å². The van der Waals surface area contributed by atoms with Crippen LogP contribution in [0.1, 0.15) is 25.7 Å². The van der Waals surface area contributed by atoms with Gasteiger partial charge >= 0.3 is 7.12 Å². The second-order valence-electron chi connectivity index (χ2n) is 4.82. The van der Waals surface area contributed by atoms with E-state index in [2.05, 4.69) is 0 Å². The van der Waals surface area contributed by atoms with Crippen molar-refractivity contribution in [1.82, 2.24) is 0 Å². The highest BCUT2D eigenvalue weighted by atomic mass is 19.1. The summed E-state index contributed by atoms with van der Waals surface area (Å²) in [6.07, 6.45) is 3.98. The number of benzene rings is 1. The fraction of sp³-hybridized carbons (Fsp3) is 0.538. The highest BCUT2D eigenvalue weighted by molar-refractivity contribution is 6.58. The summed E-state index contributed by atoms with van der Waals surface area (Å²) in [4.78, 5) is 0. The quantitative estimate of drug-likeness (QED) is 0.794. The zero-order chi connectivity index (χ0) is 13.8. The number of halogens is 1. The molecule has 0 bridgehead atoms. The normalized spacial score (nSPS) is 23.2. The minimum Gasteiger partial charge on any atom is -0.490 e. The summed E-state index contributed by atoms with van der Waals surface area (Å²) in [7, 11) is -0.119. The van der Waals surface area contributed by atoms with Crippen LogP contribution in [0.5, 0.6) is 5.75 Å². The summed E-state index contributed by atoms with van der Waals surface area (Å²) in [6, 6.07) is 4.06. The van der Waals surface area contributed by atoms with Crippen molar-refractivity contribution in [3.8, 4) is 5.75 Å². The summed E-state index contributed by atoms with van der Waals surface area (Å²) >= 11 is 0. The summed E-state index contributed by atoms with van der Waals surface area (Å²) in [5, 5.41) is 17.9. The van der Waals surface area contributed by atoms with Gasteiger partial charge in [0.25, 0.3) is 0 Å². The van der Waals surface area contributed by atoms with Crippen LogP contribution in [-0.2, 0) is 4.74 Å².